The van der Waals surface area contributed by atoms with Gasteiger partial charge in [-0.1, -0.05) is 211 Å². The van der Waals surface area contributed by atoms with Crippen LogP contribution >= 0.6 is 7.82 Å². The molecule has 0 spiro atoms. The smallest absolute Gasteiger partial charge is 0.472 e. The summed E-state index contributed by atoms with van der Waals surface area (Å²) in [5.41, 5.74) is 5.34. The Morgan fingerprint density at radius 3 is 1.35 bits per heavy atom. The van der Waals surface area contributed by atoms with Gasteiger partial charge in [-0.25, -0.2) is 4.57 Å². The minimum Gasteiger partial charge on any atom is -0.480 e. The van der Waals surface area contributed by atoms with Gasteiger partial charge in [0.2, 0.25) is 0 Å². The molecule has 0 rings (SSSR count). The molecule has 0 aromatic carbocycles. The molecule has 0 aromatic heterocycles. The number of phosphoric acid groups is 1. The summed E-state index contributed by atoms with van der Waals surface area (Å²) < 4.78 is 32.8. The molecule has 0 heterocycles. The van der Waals surface area contributed by atoms with Crippen molar-refractivity contribution in [2.45, 2.75) is 244 Å². The molecule has 0 saturated carbocycles. The predicted octanol–water partition coefficient (Wildman–Crippen LogP) is 14.0. The molecule has 0 fully saturated rings. The summed E-state index contributed by atoms with van der Waals surface area (Å²) in [6.45, 7) is 2.71. The molecular weight excluding hydrogens is 806 g/mol. The number of allylic oxidation sites excluding steroid dienone is 6. The van der Waals surface area contributed by atoms with Crippen LogP contribution in [0.5, 0.6) is 0 Å². The van der Waals surface area contributed by atoms with E-state index in [-0.39, 0.29) is 19.4 Å². The number of esters is 2. The second-order valence-corrected chi connectivity index (χ2v) is 18.4. The first-order chi connectivity index (χ1) is 30.1. The minimum absolute atomic E-state index is 0.143. The summed E-state index contributed by atoms with van der Waals surface area (Å²) in [6, 6.07) is -1.52. The second kappa shape index (κ2) is 45.3. The highest BCUT2D eigenvalue weighted by atomic mass is 31.2. The summed E-state index contributed by atoms with van der Waals surface area (Å²) in [6.07, 6.45) is 50.8. The fourth-order valence-electron chi connectivity index (χ4n) is 7.02. The molecule has 62 heavy (non-hydrogen) atoms. The van der Waals surface area contributed by atoms with E-state index >= 15 is 0 Å². The van der Waals surface area contributed by atoms with Crippen molar-refractivity contribution in [2.75, 3.05) is 19.8 Å². The lowest BCUT2D eigenvalue weighted by Gasteiger charge is -2.20. The first-order valence-electron chi connectivity index (χ1n) is 25.0. The summed E-state index contributed by atoms with van der Waals surface area (Å²) in [7, 11) is -4.72. The van der Waals surface area contributed by atoms with Crippen LogP contribution in [0.3, 0.4) is 0 Å². The Morgan fingerprint density at radius 1 is 0.516 bits per heavy atom. The molecule has 0 aliphatic rings. The normalized spacial score (nSPS) is 13.9. The van der Waals surface area contributed by atoms with E-state index in [1.807, 2.05) is 0 Å². The number of unbranched alkanes of at least 4 members (excludes halogenated alkanes) is 27. The first kappa shape index (κ1) is 59.7. The molecule has 3 unspecified atom stereocenters. The molecule has 0 aliphatic carbocycles. The van der Waals surface area contributed by atoms with Crippen molar-refractivity contribution in [1.82, 2.24) is 0 Å². The maximum atomic E-state index is 12.6. The summed E-state index contributed by atoms with van der Waals surface area (Å²) >= 11 is 0. The van der Waals surface area contributed by atoms with Gasteiger partial charge in [0.15, 0.2) is 6.10 Å². The van der Waals surface area contributed by atoms with Gasteiger partial charge in [-0.15, -0.1) is 0 Å². The van der Waals surface area contributed by atoms with Crippen molar-refractivity contribution in [3.63, 3.8) is 0 Å². The van der Waals surface area contributed by atoms with E-state index in [0.717, 1.165) is 70.6 Å². The fraction of sp³-hybridized carbons (Fsp3) is 0.820. The molecule has 11 nitrogen and oxygen atoms in total. The van der Waals surface area contributed by atoms with Crippen LogP contribution in [0, 0.1) is 0 Å². The molecule has 12 heteroatoms. The van der Waals surface area contributed by atoms with Crippen LogP contribution in [0.15, 0.2) is 36.5 Å². The van der Waals surface area contributed by atoms with Crippen molar-refractivity contribution < 1.29 is 47.5 Å². The number of phosphoric ester groups is 1. The highest BCUT2D eigenvalue weighted by molar-refractivity contribution is 7.47. The molecule has 362 valence electrons. The number of hydrogen-bond donors (Lipinski definition) is 3. The number of carbonyl (C=O) groups excluding carboxylic acids is 2. The first-order valence-corrected chi connectivity index (χ1v) is 26.5. The minimum atomic E-state index is -4.72. The third-order valence-electron chi connectivity index (χ3n) is 10.9. The van der Waals surface area contributed by atoms with Gasteiger partial charge in [0, 0.05) is 12.8 Å². The van der Waals surface area contributed by atoms with Crippen molar-refractivity contribution in [3.8, 4) is 0 Å². The van der Waals surface area contributed by atoms with Gasteiger partial charge in [-0.3, -0.25) is 23.4 Å². The van der Waals surface area contributed by atoms with Crippen LogP contribution < -0.4 is 5.73 Å². The maximum Gasteiger partial charge on any atom is 0.472 e. The average Bonchev–Trinajstić information content (AvgIpc) is 3.25. The standard InChI is InChI=1S/C50H92NO10P/c1-3-5-7-9-11-13-15-17-19-20-21-22-23-24-25-26-28-29-31-33-35-37-39-41-48(52)58-43-46(44-59-62(56,57)60-45-47(51)50(54)55)61-49(53)42-40-38-36-34-32-30-27-18-16-14-12-10-8-6-4-2/h6,8,12,14,18,27,46-47H,3-5,7,9-11,13,15-17,19-26,28-45,51H2,1-2H3,(H,54,55)(H,56,57)/b8-6-,14-12-,27-18-. The number of nitrogens with two attached hydrogens (primary N) is 1. The second-order valence-electron chi connectivity index (χ2n) is 16.9. The maximum absolute atomic E-state index is 12.6. The van der Waals surface area contributed by atoms with Gasteiger partial charge < -0.3 is 25.2 Å². The number of carbonyl (C=O) groups is 3. The Balaban J connectivity index is 4.19. The fourth-order valence-corrected chi connectivity index (χ4v) is 7.80. The van der Waals surface area contributed by atoms with E-state index in [9.17, 15) is 23.8 Å². The largest absolute Gasteiger partial charge is 0.480 e. The Labute approximate surface area is 378 Å². The zero-order valence-electron chi connectivity index (χ0n) is 39.5. The molecule has 0 amide bonds. The number of ether oxygens (including phenoxy) is 2. The van der Waals surface area contributed by atoms with Crippen molar-refractivity contribution >= 4 is 25.7 Å². The topological polar surface area (TPSA) is 172 Å². The van der Waals surface area contributed by atoms with Crippen LogP contribution in [0.25, 0.3) is 0 Å². The van der Waals surface area contributed by atoms with E-state index in [1.54, 1.807) is 0 Å². The summed E-state index contributed by atoms with van der Waals surface area (Å²) in [5, 5.41) is 8.91. The van der Waals surface area contributed by atoms with E-state index in [1.165, 1.54) is 122 Å². The van der Waals surface area contributed by atoms with Crippen LogP contribution in [0.2, 0.25) is 0 Å². The van der Waals surface area contributed by atoms with E-state index in [2.05, 4.69) is 54.8 Å². The van der Waals surface area contributed by atoms with Crippen molar-refractivity contribution in [2.24, 2.45) is 5.73 Å². The van der Waals surface area contributed by atoms with E-state index < -0.39 is 51.1 Å². The number of carboxylic acids is 1. The van der Waals surface area contributed by atoms with Crippen molar-refractivity contribution in [3.05, 3.63) is 36.5 Å². The lowest BCUT2D eigenvalue weighted by molar-refractivity contribution is -0.161. The van der Waals surface area contributed by atoms with Crippen molar-refractivity contribution in [1.29, 1.82) is 0 Å². The molecule has 0 aromatic rings. The average molecular weight is 898 g/mol. The molecule has 0 aliphatic heterocycles. The molecule has 0 saturated heterocycles. The van der Waals surface area contributed by atoms with Crippen LogP contribution in [-0.2, 0) is 37.5 Å². The number of rotatable bonds is 47. The number of carboxylic acid groups (broad SMARTS) is 1. The molecule has 3 atom stereocenters. The van der Waals surface area contributed by atoms with Gasteiger partial charge in [0.25, 0.3) is 0 Å². The lowest BCUT2D eigenvalue weighted by Crippen LogP contribution is -2.34. The third kappa shape index (κ3) is 44.3. The third-order valence-corrected chi connectivity index (χ3v) is 11.9. The number of hydrogen-bond acceptors (Lipinski definition) is 9. The quantitative estimate of drug-likeness (QED) is 0.0230. The van der Waals surface area contributed by atoms with E-state index in [0.29, 0.717) is 12.8 Å². The van der Waals surface area contributed by atoms with E-state index in [4.69, 9.17) is 24.8 Å². The van der Waals surface area contributed by atoms with Gasteiger partial charge >= 0.3 is 25.7 Å². The summed E-state index contributed by atoms with van der Waals surface area (Å²) in [5.74, 6) is -2.39. The van der Waals surface area contributed by atoms with Crippen LogP contribution in [0.1, 0.15) is 232 Å². The lowest BCUT2D eigenvalue weighted by atomic mass is 10.0. The monoisotopic (exact) mass is 898 g/mol. The Hall–Kier alpha value is -2.30. The Bertz CT molecular complexity index is 1190. The molecule has 4 N–H and O–H groups in total. The Kier molecular flexibility index (Phi) is 43.6. The summed E-state index contributed by atoms with van der Waals surface area (Å²) in [4.78, 5) is 46.1. The van der Waals surface area contributed by atoms with Gasteiger partial charge in [0.05, 0.1) is 13.2 Å². The van der Waals surface area contributed by atoms with Gasteiger partial charge in [-0.2, -0.15) is 0 Å². The zero-order chi connectivity index (χ0) is 45.6. The molecule has 0 radical (unpaired) electrons. The SMILES string of the molecule is CC/C=C\C/C=C\C/C=C\CCCCCCCC(=O)OC(COC(=O)CCCCCCCCCCCCCCCCCCCCCCCCC)COP(=O)(O)OCC(N)C(=O)O. The van der Waals surface area contributed by atoms with Crippen LogP contribution in [-0.4, -0.2) is 59.9 Å². The van der Waals surface area contributed by atoms with Gasteiger partial charge in [0.1, 0.15) is 12.6 Å². The highest BCUT2D eigenvalue weighted by Crippen LogP contribution is 2.43. The van der Waals surface area contributed by atoms with Gasteiger partial charge in [-0.05, 0) is 44.9 Å². The molecular formula is C50H92NO10P. The zero-order valence-corrected chi connectivity index (χ0v) is 40.4. The number of aliphatic carboxylic acids is 1. The Morgan fingerprint density at radius 2 is 0.903 bits per heavy atom. The van der Waals surface area contributed by atoms with Crippen LogP contribution in [0.4, 0.5) is 0 Å². The molecule has 0 bridgehead atoms. The predicted molar refractivity (Wildman–Crippen MR) is 254 cm³/mol. The highest BCUT2D eigenvalue weighted by Gasteiger charge is 2.28.